The van der Waals surface area contributed by atoms with Crippen molar-refractivity contribution in [3.63, 3.8) is 0 Å². The SMILES string of the molecule is CCN(C)CC1CCN(C(=O)C(N)COC)C1. The number of nitrogens with zero attached hydrogens (tertiary/aromatic N) is 2. The summed E-state index contributed by atoms with van der Waals surface area (Å²) in [5.41, 5.74) is 5.75. The van der Waals surface area contributed by atoms with Crippen LogP contribution in [0, 0.1) is 5.92 Å². The van der Waals surface area contributed by atoms with E-state index in [9.17, 15) is 4.79 Å². The Morgan fingerprint density at radius 2 is 2.35 bits per heavy atom. The molecule has 0 aromatic rings. The fraction of sp³-hybridized carbons (Fsp3) is 0.917. The van der Waals surface area contributed by atoms with Gasteiger partial charge in [0.1, 0.15) is 6.04 Å². The average Bonchev–Trinajstić information content (AvgIpc) is 2.76. The van der Waals surface area contributed by atoms with Gasteiger partial charge < -0.3 is 20.3 Å². The molecule has 0 aliphatic carbocycles. The van der Waals surface area contributed by atoms with E-state index in [2.05, 4.69) is 18.9 Å². The van der Waals surface area contributed by atoms with E-state index in [4.69, 9.17) is 10.5 Å². The van der Waals surface area contributed by atoms with E-state index in [1.165, 1.54) is 0 Å². The van der Waals surface area contributed by atoms with Crippen LogP contribution in [0.2, 0.25) is 0 Å². The van der Waals surface area contributed by atoms with E-state index >= 15 is 0 Å². The first-order valence-corrected chi connectivity index (χ1v) is 6.30. The van der Waals surface area contributed by atoms with Gasteiger partial charge in [-0.2, -0.15) is 0 Å². The average molecular weight is 243 g/mol. The number of hydrogen-bond donors (Lipinski definition) is 1. The number of carbonyl (C=O) groups is 1. The number of amides is 1. The lowest BCUT2D eigenvalue weighted by atomic mass is 10.1. The predicted molar refractivity (Wildman–Crippen MR) is 67.7 cm³/mol. The van der Waals surface area contributed by atoms with Gasteiger partial charge in [-0.3, -0.25) is 4.79 Å². The fourth-order valence-electron chi connectivity index (χ4n) is 2.24. The molecule has 17 heavy (non-hydrogen) atoms. The molecule has 1 fully saturated rings. The number of likely N-dealkylation sites (tertiary alicyclic amines) is 1. The summed E-state index contributed by atoms with van der Waals surface area (Å²) in [5.74, 6) is 0.604. The fourth-order valence-corrected chi connectivity index (χ4v) is 2.24. The van der Waals surface area contributed by atoms with E-state index in [0.717, 1.165) is 32.6 Å². The van der Waals surface area contributed by atoms with Crippen LogP contribution in [0.3, 0.4) is 0 Å². The van der Waals surface area contributed by atoms with Crippen molar-refractivity contribution in [2.75, 3.05) is 46.9 Å². The zero-order valence-electron chi connectivity index (χ0n) is 11.2. The van der Waals surface area contributed by atoms with Crippen LogP contribution in [0.15, 0.2) is 0 Å². The van der Waals surface area contributed by atoms with Gasteiger partial charge in [0.05, 0.1) is 6.61 Å². The van der Waals surface area contributed by atoms with Crippen LogP contribution < -0.4 is 5.73 Å². The number of methoxy groups -OCH3 is 1. The minimum absolute atomic E-state index is 0.0218. The lowest BCUT2D eigenvalue weighted by Crippen LogP contribution is -2.45. The molecule has 100 valence electrons. The largest absolute Gasteiger partial charge is 0.383 e. The molecular weight excluding hydrogens is 218 g/mol. The quantitative estimate of drug-likeness (QED) is 0.699. The molecule has 1 aliphatic rings. The maximum absolute atomic E-state index is 11.9. The number of hydrogen-bond acceptors (Lipinski definition) is 4. The van der Waals surface area contributed by atoms with Gasteiger partial charge in [-0.1, -0.05) is 6.92 Å². The summed E-state index contributed by atoms with van der Waals surface area (Å²) in [7, 11) is 3.68. The van der Waals surface area contributed by atoms with Gasteiger partial charge in [0.2, 0.25) is 5.91 Å². The minimum Gasteiger partial charge on any atom is -0.383 e. The van der Waals surface area contributed by atoms with E-state index in [1.54, 1.807) is 7.11 Å². The van der Waals surface area contributed by atoms with Gasteiger partial charge in [-0.05, 0) is 25.9 Å². The smallest absolute Gasteiger partial charge is 0.241 e. The minimum atomic E-state index is -0.511. The maximum atomic E-state index is 11.9. The van der Waals surface area contributed by atoms with Crippen molar-refractivity contribution < 1.29 is 9.53 Å². The van der Waals surface area contributed by atoms with E-state index in [0.29, 0.717) is 12.5 Å². The van der Waals surface area contributed by atoms with Gasteiger partial charge in [0.25, 0.3) is 0 Å². The highest BCUT2D eigenvalue weighted by atomic mass is 16.5. The van der Waals surface area contributed by atoms with Crippen molar-refractivity contribution in [1.29, 1.82) is 0 Å². The molecule has 0 spiro atoms. The third kappa shape index (κ3) is 4.26. The second-order valence-corrected chi connectivity index (χ2v) is 4.86. The Labute approximate surface area is 104 Å². The Morgan fingerprint density at radius 1 is 1.65 bits per heavy atom. The van der Waals surface area contributed by atoms with Crippen molar-refractivity contribution in [3.8, 4) is 0 Å². The number of carbonyl (C=O) groups excluding carboxylic acids is 1. The Kier molecular flexibility index (Phi) is 5.88. The molecule has 2 N–H and O–H groups in total. The Hall–Kier alpha value is -0.650. The second-order valence-electron chi connectivity index (χ2n) is 4.86. The number of rotatable bonds is 6. The van der Waals surface area contributed by atoms with Crippen molar-refractivity contribution >= 4 is 5.91 Å². The highest BCUT2D eigenvalue weighted by Gasteiger charge is 2.29. The summed E-state index contributed by atoms with van der Waals surface area (Å²) in [6.07, 6.45) is 1.08. The molecular formula is C12H25N3O2. The first-order valence-electron chi connectivity index (χ1n) is 6.30. The summed E-state index contributed by atoms with van der Waals surface area (Å²) in [6.45, 7) is 6.22. The molecule has 1 aliphatic heterocycles. The van der Waals surface area contributed by atoms with Crippen LogP contribution >= 0.6 is 0 Å². The lowest BCUT2D eigenvalue weighted by molar-refractivity contribution is -0.132. The summed E-state index contributed by atoms with van der Waals surface area (Å²) < 4.78 is 4.91. The first kappa shape index (κ1) is 14.4. The topological polar surface area (TPSA) is 58.8 Å². The molecule has 5 nitrogen and oxygen atoms in total. The van der Waals surface area contributed by atoms with Crippen molar-refractivity contribution in [3.05, 3.63) is 0 Å². The zero-order valence-corrected chi connectivity index (χ0v) is 11.2. The monoisotopic (exact) mass is 243 g/mol. The highest BCUT2D eigenvalue weighted by Crippen LogP contribution is 2.17. The van der Waals surface area contributed by atoms with E-state index < -0.39 is 6.04 Å². The normalized spacial score (nSPS) is 22.2. The molecule has 0 aromatic heterocycles. The van der Waals surface area contributed by atoms with Gasteiger partial charge in [0, 0.05) is 26.7 Å². The maximum Gasteiger partial charge on any atom is 0.241 e. The Balaban J connectivity index is 2.36. The van der Waals surface area contributed by atoms with Crippen LogP contribution in [0.4, 0.5) is 0 Å². The molecule has 1 heterocycles. The van der Waals surface area contributed by atoms with Gasteiger partial charge in [0.15, 0.2) is 0 Å². The molecule has 0 saturated carbocycles. The Morgan fingerprint density at radius 3 is 2.94 bits per heavy atom. The van der Waals surface area contributed by atoms with Gasteiger partial charge in [-0.15, -0.1) is 0 Å². The van der Waals surface area contributed by atoms with Crippen molar-refractivity contribution in [2.45, 2.75) is 19.4 Å². The molecule has 0 bridgehead atoms. The van der Waals surface area contributed by atoms with Crippen LogP contribution in [-0.2, 0) is 9.53 Å². The second kappa shape index (κ2) is 6.93. The zero-order chi connectivity index (χ0) is 12.8. The molecule has 2 unspecified atom stereocenters. The molecule has 0 aromatic carbocycles. The van der Waals surface area contributed by atoms with Crippen LogP contribution in [0.25, 0.3) is 0 Å². The summed E-state index contributed by atoms with van der Waals surface area (Å²) in [5, 5.41) is 0. The molecule has 2 atom stereocenters. The lowest BCUT2D eigenvalue weighted by Gasteiger charge is -2.22. The van der Waals surface area contributed by atoms with E-state index in [-0.39, 0.29) is 5.91 Å². The first-order chi connectivity index (χ1) is 8.08. The van der Waals surface area contributed by atoms with Gasteiger partial charge in [-0.25, -0.2) is 0 Å². The van der Waals surface area contributed by atoms with Crippen molar-refractivity contribution in [1.82, 2.24) is 9.80 Å². The number of ether oxygens (including phenoxy) is 1. The standard InChI is InChI=1S/C12H25N3O2/c1-4-14(2)7-10-5-6-15(8-10)12(16)11(13)9-17-3/h10-11H,4-9,13H2,1-3H3. The summed E-state index contributed by atoms with van der Waals surface area (Å²) >= 11 is 0. The molecule has 1 amide bonds. The Bertz CT molecular complexity index is 248. The highest BCUT2D eigenvalue weighted by molar-refractivity contribution is 5.82. The summed E-state index contributed by atoms with van der Waals surface area (Å²) in [6, 6.07) is -0.511. The third-order valence-corrected chi connectivity index (χ3v) is 3.37. The van der Waals surface area contributed by atoms with Crippen LogP contribution in [-0.4, -0.2) is 68.7 Å². The van der Waals surface area contributed by atoms with Crippen molar-refractivity contribution in [2.24, 2.45) is 11.7 Å². The summed E-state index contributed by atoms with van der Waals surface area (Å²) in [4.78, 5) is 16.1. The third-order valence-electron chi connectivity index (χ3n) is 3.37. The van der Waals surface area contributed by atoms with Crippen LogP contribution in [0.1, 0.15) is 13.3 Å². The molecule has 0 radical (unpaired) electrons. The molecule has 1 saturated heterocycles. The van der Waals surface area contributed by atoms with Gasteiger partial charge >= 0.3 is 0 Å². The molecule has 1 rings (SSSR count). The predicted octanol–water partition coefficient (Wildman–Crippen LogP) is -0.240. The van der Waals surface area contributed by atoms with E-state index in [1.807, 2.05) is 4.90 Å². The van der Waals surface area contributed by atoms with Crippen LogP contribution in [0.5, 0.6) is 0 Å². The molecule has 5 heteroatoms. The number of nitrogens with two attached hydrogens (primary N) is 1.